The van der Waals surface area contributed by atoms with Crippen LogP contribution in [0.4, 0.5) is 0 Å². The predicted molar refractivity (Wildman–Crippen MR) is 61.6 cm³/mol. The monoisotopic (exact) mass is 216 g/mol. The van der Waals surface area contributed by atoms with Gasteiger partial charge in [-0.15, -0.1) is 0 Å². The molecule has 1 aliphatic heterocycles. The van der Waals surface area contributed by atoms with Crippen LogP contribution in [0.3, 0.4) is 0 Å². The van der Waals surface area contributed by atoms with Gasteiger partial charge in [-0.25, -0.2) is 0 Å². The molecule has 1 atom stereocenters. The third kappa shape index (κ3) is 3.50. The summed E-state index contributed by atoms with van der Waals surface area (Å²) in [6, 6.07) is 0.0488. The van der Waals surface area contributed by atoms with Gasteiger partial charge in [-0.1, -0.05) is 0 Å². The van der Waals surface area contributed by atoms with Crippen LogP contribution < -0.4 is 10.6 Å². The molecule has 82 valence electrons. The van der Waals surface area contributed by atoms with Crippen molar-refractivity contribution in [3.05, 3.63) is 0 Å². The quantitative estimate of drug-likeness (QED) is 0.736. The van der Waals surface area contributed by atoms with Crippen LogP contribution in [0.25, 0.3) is 0 Å². The normalized spacial score (nSPS) is 22.4. The Hall–Kier alpha value is -0.220. The average Bonchev–Trinajstić information content (AvgIpc) is 2.67. The molecular weight excluding hydrogens is 196 g/mol. The molecule has 0 aromatic heterocycles. The number of rotatable bonds is 4. The van der Waals surface area contributed by atoms with Gasteiger partial charge in [0.25, 0.3) is 0 Å². The summed E-state index contributed by atoms with van der Waals surface area (Å²) in [5, 5.41) is 6.19. The standard InChI is InChI=1S/C10H20N2OS/c1-10(2,14-3)7-12-9(13)8-5-4-6-11-8/h8,11H,4-7H2,1-3H3,(H,12,13). The van der Waals surface area contributed by atoms with Gasteiger partial charge in [0.15, 0.2) is 0 Å². The fourth-order valence-corrected chi connectivity index (χ4v) is 1.62. The van der Waals surface area contributed by atoms with E-state index >= 15 is 0 Å². The van der Waals surface area contributed by atoms with Crippen molar-refractivity contribution >= 4 is 17.7 Å². The van der Waals surface area contributed by atoms with Gasteiger partial charge in [0, 0.05) is 11.3 Å². The van der Waals surface area contributed by atoms with E-state index in [2.05, 4.69) is 30.7 Å². The van der Waals surface area contributed by atoms with E-state index in [1.54, 1.807) is 11.8 Å². The Balaban J connectivity index is 2.27. The van der Waals surface area contributed by atoms with Crippen molar-refractivity contribution in [2.45, 2.75) is 37.5 Å². The van der Waals surface area contributed by atoms with Crippen LogP contribution in [0.15, 0.2) is 0 Å². The molecule has 14 heavy (non-hydrogen) atoms. The Bertz CT molecular complexity index is 200. The summed E-state index contributed by atoms with van der Waals surface area (Å²) in [5.41, 5.74) is 0. The number of hydrogen-bond donors (Lipinski definition) is 2. The molecule has 1 unspecified atom stereocenters. The Morgan fingerprint density at radius 2 is 2.36 bits per heavy atom. The van der Waals surface area contributed by atoms with Gasteiger partial charge >= 0.3 is 0 Å². The van der Waals surface area contributed by atoms with Gasteiger partial charge in [-0.2, -0.15) is 11.8 Å². The zero-order chi connectivity index (χ0) is 10.6. The molecule has 0 aliphatic carbocycles. The second kappa shape index (κ2) is 5.03. The van der Waals surface area contributed by atoms with E-state index in [9.17, 15) is 4.79 Å². The fraction of sp³-hybridized carbons (Fsp3) is 0.900. The molecule has 1 heterocycles. The lowest BCUT2D eigenvalue weighted by Gasteiger charge is -2.23. The first-order valence-electron chi connectivity index (χ1n) is 5.11. The Morgan fingerprint density at radius 1 is 1.64 bits per heavy atom. The van der Waals surface area contributed by atoms with Gasteiger partial charge in [-0.3, -0.25) is 4.79 Å². The van der Waals surface area contributed by atoms with Crippen LogP contribution in [0, 0.1) is 0 Å². The fourth-order valence-electron chi connectivity index (χ4n) is 1.40. The van der Waals surface area contributed by atoms with Crippen LogP contribution in [0.5, 0.6) is 0 Å². The van der Waals surface area contributed by atoms with E-state index in [-0.39, 0.29) is 16.7 Å². The molecule has 1 rings (SSSR count). The van der Waals surface area contributed by atoms with Crippen LogP contribution >= 0.6 is 11.8 Å². The molecule has 1 saturated heterocycles. The van der Waals surface area contributed by atoms with Gasteiger partial charge in [0.05, 0.1) is 6.04 Å². The molecule has 0 aromatic carbocycles. The molecule has 4 heteroatoms. The van der Waals surface area contributed by atoms with Crippen molar-refractivity contribution in [2.24, 2.45) is 0 Å². The molecule has 2 N–H and O–H groups in total. The van der Waals surface area contributed by atoms with Crippen molar-refractivity contribution in [3.63, 3.8) is 0 Å². The molecule has 1 aliphatic rings. The van der Waals surface area contributed by atoms with E-state index in [0.29, 0.717) is 0 Å². The molecule has 0 saturated carbocycles. The first kappa shape index (κ1) is 11.9. The minimum Gasteiger partial charge on any atom is -0.353 e. The maximum absolute atomic E-state index is 11.6. The maximum Gasteiger partial charge on any atom is 0.237 e. The molecule has 0 bridgehead atoms. The number of thioether (sulfide) groups is 1. The molecule has 1 amide bonds. The van der Waals surface area contributed by atoms with Gasteiger partial charge < -0.3 is 10.6 Å². The van der Waals surface area contributed by atoms with Crippen LogP contribution in [-0.2, 0) is 4.79 Å². The second-order valence-corrected chi connectivity index (χ2v) is 5.84. The van der Waals surface area contributed by atoms with Crippen LogP contribution in [-0.4, -0.2) is 36.0 Å². The summed E-state index contributed by atoms with van der Waals surface area (Å²) < 4.78 is 0.133. The SMILES string of the molecule is CSC(C)(C)CNC(=O)C1CCCN1. The summed E-state index contributed by atoms with van der Waals surface area (Å²) >= 11 is 1.78. The lowest BCUT2D eigenvalue weighted by atomic mass is 10.2. The molecule has 3 nitrogen and oxygen atoms in total. The number of nitrogens with one attached hydrogen (secondary N) is 2. The minimum absolute atomic E-state index is 0.0488. The molecule has 1 fully saturated rings. The number of carbonyl (C=O) groups is 1. The van der Waals surface area contributed by atoms with Crippen molar-refractivity contribution < 1.29 is 4.79 Å². The summed E-state index contributed by atoms with van der Waals surface area (Å²) in [4.78, 5) is 11.6. The topological polar surface area (TPSA) is 41.1 Å². The Kier molecular flexibility index (Phi) is 4.26. The summed E-state index contributed by atoms with van der Waals surface area (Å²) in [6.45, 7) is 6.00. The summed E-state index contributed by atoms with van der Waals surface area (Å²) in [7, 11) is 0. The van der Waals surface area contributed by atoms with Crippen molar-refractivity contribution in [1.29, 1.82) is 0 Å². The number of carbonyl (C=O) groups excluding carboxylic acids is 1. The Labute approximate surface area is 90.4 Å². The predicted octanol–water partition coefficient (Wildman–Crippen LogP) is 0.996. The lowest BCUT2D eigenvalue weighted by molar-refractivity contribution is -0.122. The highest BCUT2D eigenvalue weighted by molar-refractivity contribution is 7.99. The van der Waals surface area contributed by atoms with E-state index < -0.39 is 0 Å². The second-order valence-electron chi connectivity index (χ2n) is 4.33. The van der Waals surface area contributed by atoms with Gasteiger partial charge in [-0.05, 0) is 39.5 Å². The first-order chi connectivity index (χ1) is 6.55. The van der Waals surface area contributed by atoms with Crippen molar-refractivity contribution in [1.82, 2.24) is 10.6 Å². The molecular formula is C10H20N2OS. The van der Waals surface area contributed by atoms with Crippen LogP contribution in [0.1, 0.15) is 26.7 Å². The van der Waals surface area contributed by atoms with Crippen molar-refractivity contribution in [2.75, 3.05) is 19.3 Å². The van der Waals surface area contributed by atoms with E-state index in [1.165, 1.54) is 0 Å². The summed E-state index contributed by atoms with van der Waals surface area (Å²) in [6.07, 6.45) is 4.16. The lowest BCUT2D eigenvalue weighted by Crippen LogP contribution is -2.44. The zero-order valence-electron chi connectivity index (χ0n) is 9.22. The molecule has 0 spiro atoms. The highest BCUT2D eigenvalue weighted by Crippen LogP contribution is 2.19. The first-order valence-corrected chi connectivity index (χ1v) is 6.34. The largest absolute Gasteiger partial charge is 0.353 e. The van der Waals surface area contributed by atoms with E-state index in [1.807, 2.05) is 0 Å². The average molecular weight is 216 g/mol. The van der Waals surface area contributed by atoms with Crippen LogP contribution in [0.2, 0.25) is 0 Å². The highest BCUT2D eigenvalue weighted by atomic mass is 32.2. The smallest absolute Gasteiger partial charge is 0.237 e. The maximum atomic E-state index is 11.6. The summed E-state index contributed by atoms with van der Waals surface area (Å²) in [5.74, 6) is 0.157. The number of hydrogen-bond acceptors (Lipinski definition) is 3. The van der Waals surface area contributed by atoms with Crippen molar-refractivity contribution in [3.8, 4) is 0 Å². The van der Waals surface area contributed by atoms with Gasteiger partial charge in [0.2, 0.25) is 5.91 Å². The zero-order valence-corrected chi connectivity index (χ0v) is 10.0. The third-order valence-corrected chi connectivity index (χ3v) is 3.87. The molecule has 0 radical (unpaired) electrons. The van der Waals surface area contributed by atoms with E-state index in [4.69, 9.17) is 0 Å². The highest BCUT2D eigenvalue weighted by Gasteiger charge is 2.24. The Morgan fingerprint density at radius 3 is 2.86 bits per heavy atom. The molecule has 0 aromatic rings. The minimum atomic E-state index is 0.0488. The number of amides is 1. The van der Waals surface area contributed by atoms with E-state index in [0.717, 1.165) is 25.9 Å². The third-order valence-electron chi connectivity index (χ3n) is 2.62. The van der Waals surface area contributed by atoms with Gasteiger partial charge in [0.1, 0.15) is 0 Å².